The highest BCUT2D eigenvalue weighted by Gasteiger charge is 2.02. The predicted molar refractivity (Wildman–Crippen MR) is 123 cm³/mol. The summed E-state index contributed by atoms with van der Waals surface area (Å²) < 4.78 is 5.29. The van der Waals surface area contributed by atoms with Gasteiger partial charge in [0.15, 0.2) is 0 Å². The van der Waals surface area contributed by atoms with Crippen molar-refractivity contribution >= 4 is 11.6 Å². The summed E-state index contributed by atoms with van der Waals surface area (Å²) in [6, 6.07) is 26.5. The molecule has 144 valence electrons. The van der Waals surface area contributed by atoms with Crippen LogP contribution in [0.5, 0.6) is 5.75 Å². The first-order valence-corrected chi connectivity index (χ1v) is 10.1. The number of rotatable bonds is 6. The van der Waals surface area contributed by atoms with Crippen LogP contribution < -0.4 is 4.74 Å². The van der Waals surface area contributed by atoms with E-state index in [4.69, 9.17) is 4.74 Å². The average Bonchev–Trinajstić information content (AvgIpc) is 2.79. The SMILES string of the molecule is CCCCC(=C=Cc1ccccc1C#Cc1ccccc1)c1ccc(OC)cc1. The number of methoxy groups -OCH3 is 1. The van der Waals surface area contributed by atoms with Gasteiger partial charge in [0.1, 0.15) is 5.75 Å². The Balaban J connectivity index is 1.95. The highest BCUT2D eigenvalue weighted by Crippen LogP contribution is 2.23. The first-order chi connectivity index (χ1) is 14.3. The fraction of sp³-hybridized carbons (Fsp3) is 0.179. The summed E-state index contributed by atoms with van der Waals surface area (Å²) in [7, 11) is 1.69. The molecule has 0 N–H and O–H groups in total. The van der Waals surface area contributed by atoms with Crippen molar-refractivity contribution in [3.05, 3.63) is 107 Å². The zero-order chi connectivity index (χ0) is 20.3. The predicted octanol–water partition coefficient (Wildman–Crippen LogP) is 6.98. The van der Waals surface area contributed by atoms with Crippen LogP contribution in [-0.2, 0) is 0 Å². The molecular weight excluding hydrogens is 352 g/mol. The van der Waals surface area contributed by atoms with Crippen LogP contribution in [-0.4, -0.2) is 7.11 Å². The first-order valence-electron chi connectivity index (χ1n) is 10.1. The molecule has 1 nitrogen and oxygen atoms in total. The molecule has 0 aromatic heterocycles. The van der Waals surface area contributed by atoms with Crippen molar-refractivity contribution in [1.29, 1.82) is 0 Å². The van der Waals surface area contributed by atoms with Gasteiger partial charge in [-0.25, -0.2) is 0 Å². The summed E-state index contributed by atoms with van der Waals surface area (Å²) in [6.07, 6.45) is 5.35. The van der Waals surface area contributed by atoms with Gasteiger partial charge in [0, 0.05) is 16.7 Å². The molecule has 0 aliphatic rings. The Hall–Kier alpha value is -3.46. The maximum absolute atomic E-state index is 5.29. The van der Waals surface area contributed by atoms with E-state index in [1.54, 1.807) is 7.11 Å². The molecule has 1 heteroatoms. The van der Waals surface area contributed by atoms with Gasteiger partial charge >= 0.3 is 0 Å². The third-order valence-corrected chi connectivity index (χ3v) is 4.70. The Kier molecular flexibility index (Phi) is 7.53. The molecule has 3 rings (SSSR count). The molecule has 3 aromatic rings. The topological polar surface area (TPSA) is 9.23 Å². The molecule has 0 atom stereocenters. The molecule has 0 aliphatic heterocycles. The number of hydrogen-bond acceptors (Lipinski definition) is 1. The molecule has 0 heterocycles. The van der Waals surface area contributed by atoms with Crippen molar-refractivity contribution in [3.63, 3.8) is 0 Å². The minimum Gasteiger partial charge on any atom is -0.497 e. The van der Waals surface area contributed by atoms with E-state index in [0.29, 0.717) is 0 Å². The Morgan fingerprint density at radius 3 is 2.31 bits per heavy atom. The van der Waals surface area contributed by atoms with E-state index >= 15 is 0 Å². The van der Waals surface area contributed by atoms with Crippen molar-refractivity contribution in [2.75, 3.05) is 7.11 Å². The lowest BCUT2D eigenvalue weighted by Crippen LogP contribution is -1.87. The maximum Gasteiger partial charge on any atom is 0.118 e. The summed E-state index contributed by atoms with van der Waals surface area (Å²) in [4.78, 5) is 0. The molecule has 0 fully saturated rings. The van der Waals surface area contributed by atoms with E-state index in [1.165, 1.54) is 11.1 Å². The van der Waals surface area contributed by atoms with Crippen LogP contribution >= 0.6 is 0 Å². The second kappa shape index (κ2) is 10.8. The van der Waals surface area contributed by atoms with Gasteiger partial charge in [-0.2, -0.15) is 0 Å². The van der Waals surface area contributed by atoms with Crippen molar-refractivity contribution in [2.45, 2.75) is 26.2 Å². The maximum atomic E-state index is 5.29. The van der Waals surface area contributed by atoms with Crippen LogP contribution in [0.15, 0.2) is 84.6 Å². The lowest BCUT2D eigenvalue weighted by molar-refractivity contribution is 0.415. The van der Waals surface area contributed by atoms with E-state index in [-0.39, 0.29) is 0 Å². The molecule has 0 saturated heterocycles. The lowest BCUT2D eigenvalue weighted by atomic mass is 10.00. The minimum absolute atomic E-state index is 0.870. The Labute approximate surface area is 174 Å². The highest BCUT2D eigenvalue weighted by molar-refractivity contribution is 5.71. The molecule has 0 radical (unpaired) electrons. The molecule has 0 aliphatic carbocycles. The molecule has 0 unspecified atom stereocenters. The molecule has 0 saturated carbocycles. The van der Waals surface area contributed by atoms with Crippen LogP contribution in [0.3, 0.4) is 0 Å². The van der Waals surface area contributed by atoms with Crippen molar-refractivity contribution in [2.24, 2.45) is 0 Å². The number of ether oxygens (including phenoxy) is 1. The molecule has 0 spiro atoms. The van der Waals surface area contributed by atoms with Crippen LogP contribution in [0.1, 0.15) is 48.4 Å². The summed E-state index contributed by atoms with van der Waals surface area (Å²) >= 11 is 0. The van der Waals surface area contributed by atoms with E-state index in [9.17, 15) is 0 Å². The summed E-state index contributed by atoms with van der Waals surface area (Å²) in [5.41, 5.74) is 9.05. The van der Waals surface area contributed by atoms with E-state index in [1.807, 2.05) is 54.6 Å². The third-order valence-electron chi connectivity index (χ3n) is 4.70. The average molecular weight is 379 g/mol. The zero-order valence-electron chi connectivity index (χ0n) is 17.1. The van der Waals surface area contributed by atoms with Crippen molar-refractivity contribution < 1.29 is 4.74 Å². The van der Waals surface area contributed by atoms with Crippen LogP contribution in [0, 0.1) is 11.8 Å². The van der Waals surface area contributed by atoms with E-state index in [0.717, 1.165) is 41.7 Å². The van der Waals surface area contributed by atoms with Crippen LogP contribution in [0.2, 0.25) is 0 Å². The second-order valence-electron chi connectivity index (χ2n) is 6.80. The fourth-order valence-electron chi connectivity index (χ4n) is 3.01. The van der Waals surface area contributed by atoms with Gasteiger partial charge in [-0.3, -0.25) is 0 Å². The van der Waals surface area contributed by atoms with Gasteiger partial charge in [-0.05, 0) is 60.4 Å². The zero-order valence-corrected chi connectivity index (χ0v) is 17.1. The van der Waals surface area contributed by atoms with Gasteiger partial charge in [-0.1, -0.05) is 73.7 Å². The first kappa shape index (κ1) is 20.3. The number of allylic oxidation sites excluding steroid dienone is 1. The fourth-order valence-corrected chi connectivity index (χ4v) is 3.01. The normalized spacial score (nSPS) is 9.72. The van der Waals surface area contributed by atoms with Gasteiger partial charge in [-0.15, -0.1) is 5.73 Å². The molecule has 0 bridgehead atoms. The largest absolute Gasteiger partial charge is 0.497 e. The summed E-state index contributed by atoms with van der Waals surface area (Å²) in [5, 5.41) is 0. The van der Waals surface area contributed by atoms with Gasteiger partial charge in [0.25, 0.3) is 0 Å². The van der Waals surface area contributed by atoms with Crippen molar-refractivity contribution in [1.82, 2.24) is 0 Å². The van der Waals surface area contributed by atoms with Crippen LogP contribution in [0.25, 0.3) is 11.6 Å². The van der Waals surface area contributed by atoms with Gasteiger partial charge in [0.2, 0.25) is 0 Å². The number of hydrogen-bond donors (Lipinski definition) is 0. The number of benzene rings is 3. The lowest BCUT2D eigenvalue weighted by Gasteiger charge is -2.06. The molecule has 0 amide bonds. The molecular formula is C28H26O. The Morgan fingerprint density at radius 1 is 0.862 bits per heavy atom. The van der Waals surface area contributed by atoms with Gasteiger partial charge < -0.3 is 4.74 Å². The summed E-state index contributed by atoms with van der Waals surface area (Å²) in [6.45, 7) is 2.21. The minimum atomic E-state index is 0.870. The van der Waals surface area contributed by atoms with E-state index in [2.05, 4.69) is 54.8 Å². The van der Waals surface area contributed by atoms with E-state index < -0.39 is 0 Å². The third kappa shape index (κ3) is 6.01. The Bertz CT molecular complexity index is 1040. The van der Waals surface area contributed by atoms with Gasteiger partial charge in [0.05, 0.1) is 7.11 Å². The Morgan fingerprint density at radius 2 is 1.59 bits per heavy atom. The molecule has 29 heavy (non-hydrogen) atoms. The quantitative estimate of drug-likeness (QED) is 0.332. The second-order valence-corrected chi connectivity index (χ2v) is 6.80. The molecule has 3 aromatic carbocycles. The summed E-state index contributed by atoms with van der Waals surface area (Å²) in [5.74, 6) is 7.42. The highest BCUT2D eigenvalue weighted by atomic mass is 16.5. The monoisotopic (exact) mass is 378 g/mol. The number of unbranched alkanes of at least 4 members (excludes halogenated alkanes) is 1. The smallest absolute Gasteiger partial charge is 0.118 e. The van der Waals surface area contributed by atoms with Crippen LogP contribution in [0.4, 0.5) is 0 Å². The van der Waals surface area contributed by atoms with Crippen molar-refractivity contribution in [3.8, 4) is 17.6 Å². The standard InChI is InChI=1S/C28H26O/c1-3-4-12-24(27-19-21-28(29-2)22-20-27)17-18-26-14-9-8-13-25(26)16-15-23-10-6-5-7-11-23/h5-11,13-14,18-22H,3-4,12H2,1-2H3.